The number of benzene rings is 1. The zero-order valence-corrected chi connectivity index (χ0v) is 12.9. The zero-order chi connectivity index (χ0) is 14.9. The van der Waals surface area contributed by atoms with Crippen molar-refractivity contribution in [1.82, 2.24) is 9.78 Å². The Balaban J connectivity index is 2.40. The fourth-order valence-corrected chi connectivity index (χ4v) is 3.18. The Bertz CT molecular complexity index is 745. The average molecular weight is 363 g/mol. The Morgan fingerprint density at radius 2 is 2.20 bits per heavy atom. The smallest absolute Gasteiger partial charge is 0.267 e. The van der Waals surface area contributed by atoms with E-state index in [0.29, 0.717) is 11.0 Å². The molecule has 0 atom stereocenters. The van der Waals surface area contributed by atoms with Gasteiger partial charge in [-0.2, -0.15) is 5.10 Å². The van der Waals surface area contributed by atoms with E-state index in [0.717, 1.165) is 6.07 Å². The molecule has 2 aromatic rings. The summed E-state index contributed by atoms with van der Waals surface area (Å²) >= 11 is 3.15. The normalized spacial score (nSPS) is 11.6. The summed E-state index contributed by atoms with van der Waals surface area (Å²) in [6, 6.07) is 3.69. The second-order valence-electron chi connectivity index (χ2n) is 3.96. The number of nitrogens with zero attached hydrogens (tertiary/aromatic N) is 2. The van der Waals surface area contributed by atoms with E-state index in [2.05, 4.69) is 25.8 Å². The lowest BCUT2D eigenvalue weighted by Crippen LogP contribution is -2.14. The van der Waals surface area contributed by atoms with Crippen LogP contribution in [-0.2, 0) is 16.6 Å². The van der Waals surface area contributed by atoms with Crippen LogP contribution in [0, 0.1) is 5.82 Å². The van der Waals surface area contributed by atoms with E-state index in [1.165, 1.54) is 23.0 Å². The van der Waals surface area contributed by atoms with Crippen LogP contribution in [-0.4, -0.2) is 18.2 Å². The van der Waals surface area contributed by atoms with Gasteiger partial charge in [-0.1, -0.05) is 0 Å². The number of sulfonamides is 1. The summed E-state index contributed by atoms with van der Waals surface area (Å²) in [6.07, 6.45) is 1.32. The summed E-state index contributed by atoms with van der Waals surface area (Å²) in [5.74, 6) is -0.657. The number of aryl methyl sites for hydroxylation is 1. The van der Waals surface area contributed by atoms with Gasteiger partial charge in [0, 0.05) is 17.2 Å². The van der Waals surface area contributed by atoms with Crippen molar-refractivity contribution in [3.05, 3.63) is 34.7 Å². The third kappa shape index (κ3) is 2.93. The maximum Gasteiger partial charge on any atom is 0.267 e. The van der Waals surface area contributed by atoms with Crippen LogP contribution in [0.2, 0.25) is 0 Å². The van der Waals surface area contributed by atoms with Crippen molar-refractivity contribution in [3.63, 3.8) is 0 Å². The summed E-state index contributed by atoms with van der Waals surface area (Å²) in [5.41, 5.74) is 5.68. The Kier molecular flexibility index (Phi) is 4.00. The molecule has 0 radical (unpaired) electrons. The molecule has 20 heavy (non-hydrogen) atoms. The summed E-state index contributed by atoms with van der Waals surface area (Å²) in [6.45, 7) is 2.29. The number of anilines is 2. The van der Waals surface area contributed by atoms with Gasteiger partial charge >= 0.3 is 0 Å². The molecule has 3 N–H and O–H groups in total. The highest BCUT2D eigenvalue weighted by Gasteiger charge is 2.22. The van der Waals surface area contributed by atoms with Crippen LogP contribution in [0.25, 0.3) is 0 Å². The highest BCUT2D eigenvalue weighted by Crippen LogP contribution is 2.27. The SMILES string of the molecule is CCn1cc(S(=O)(=O)Nc2cc(F)ccc2Br)c(N)n1. The van der Waals surface area contributed by atoms with E-state index >= 15 is 0 Å². The third-order valence-corrected chi connectivity index (χ3v) is 4.61. The third-order valence-electron chi connectivity index (χ3n) is 2.54. The quantitative estimate of drug-likeness (QED) is 0.871. The summed E-state index contributed by atoms with van der Waals surface area (Å²) in [5, 5.41) is 3.87. The lowest BCUT2D eigenvalue weighted by Gasteiger charge is -2.08. The van der Waals surface area contributed by atoms with Crippen molar-refractivity contribution in [2.24, 2.45) is 0 Å². The molecule has 0 bridgehead atoms. The van der Waals surface area contributed by atoms with Gasteiger partial charge in [-0.3, -0.25) is 9.40 Å². The minimum absolute atomic E-state index is 0.0913. The Hall–Kier alpha value is -1.61. The van der Waals surface area contributed by atoms with Gasteiger partial charge in [-0.15, -0.1) is 0 Å². The summed E-state index contributed by atoms with van der Waals surface area (Å²) in [4.78, 5) is -0.143. The van der Waals surface area contributed by atoms with Crippen molar-refractivity contribution in [1.29, 1.82) is 0 Å². The van der Waals surface area contributed by atoms with Gasteiger partial charge in [0.05, 0.1) is 5.69 Å². The molecular weight excluding hydrogens is 351 g/mol. The van der Waals surface area contributed by atoms with Crippen LogP contribution in [0.15, 0.2) is 33.8 Å². The Labute approximate surface area is 124 Å². The molecule has 0 aliphatic rings. The molecule has 0 aliphatic heterocycles. The van der Waals surface area contributed by atoms with Gasteiger partial charge in [0.2, 0.25) is 0 Å². The molecule has 1 aromatic carbocycles. The zero-order valence-electron chi connectivity index (χ0n) is 10.5. The molecule has 108 valence electrons. The molecule has 0 amide bonds. The molecule has 0 aliphatic carbocycles. The molecule has 0 saturated heterocycles. The van der Waals surface area contributed by atoms with E-state index in [1.54, 1.807) is 6.92 Å². The van der Waals surface area contributed by atoms with E-state index in [4.69, 9.17) is 5.73 Å². The van der Waals surface area contributed by atoms with Gasteiger partial charge in [0.25, 0.3) is 10.0 Å². The monoisotopic (exact) mass is 362 g/mol. The van der Waals surface area contributed by atoms with Crippen LogP contribution in [0.5, 0.6) is 0 Å². The summed E-state index contributed by atoms with van der Waals surface area (Å²) in [7, 11) is -3.93. The van der Waals surface area contributed by atoms with Crippen LogP contribution < -0.4 is 10.5 Å². The first-order chi connectivity index (χ1) is 9.33. The molecule has 2 rings (SSSR count). The highest BCUT2D eigenvalue weighted by atomic mass is 79.9. The van der Waals surface area contributed by atoms with Gasteiger partial charge in [0.15, 0.2) is 5.82 Å². The molecule has 0 saturated carbocycles. The molecule has 0 spiro atoms. The first kappa shape index (κ1) is 14.8. The van der Waals surface area contributed by atoms with Gasteiger partial charge < -0.3 is 5.73 Å². The van der Waals surface area contributed by atoms with Crippen molar-refractivity contribution < 1.29 is 12.8 Å². The number of hydrogen-bond donors (Lipinski definition) is 2. The number of halogens is 2. The van der Waals surface area contributed by atoms with Crippen LogP contribution in [0.4, 0.5) is 15.9 Å². The largest absolute Gasteiger partial charge is 0.381 e. The molecule has 6 nitrogen and oxygen atoms in total. The van der Waals surface area contributed by atoms with Gasteiger partial charge in [0.1, 0.15) is 10.7 Å². The lowest BCUT2D eigenvalue weighted by molar-refractivity contribution is 0.600. The number of aromatic nitrogens is 2. The fraction of sp³-hybridized carbons (Fsp3) is 0.182. The first-order valence-electron chi connectivity index (χ1n) is 5.64. The van der Waals surface area contributed by atoms with E-state index in [9.17, 15) is 12.8 Å². The molecule has 0 fully saturated rings. The van der Waals surface area contributed by atoms with Gasteiger partial charge in [-0.05, 0) is 41.1 Å². The fourth-order valence-electron chi connectivity index (χ4n) is 1.56. The number of hydrogen-bond acceptors (Lipinski definition) is 4. The maximum atomic E-state index is 13.2. The average Bonchev–Trinajstić information content (AvgIpc) is 2.76. The Morgan fingerprint density at radius 3 is 2.80 bits per heavy atom. The summed E-state index contributed by atoms with van der Waals surface area (Å²) < 4.78 is 41.7. The topological polar surface area (TPSA) is 90.0 Å². The second kappa shape index (κ2) is 5.41. The standard InChI is InChI=1S/C11H12BrFN4O2S/c1-2-17-6-10(11(14)15-17)20(18,19)16-9-5-7(13)3-4-8(9)12/h3-6,16H,2H2,1H3,(H2,14,15). The number of nitrogen functional groups attached to an aromatic ring is 1. The minimum Gasteiger partial charge on any atom is -0.381 e. The van der Waals surface area contributed by atoms with E-state index in [1.807, 2.05) is 0 Å². The van der Waals surface area contributed by atoms with E-state index in [-0.39, 0.29) is 16.4 Å². The van der Waals surface area contributed by atoms with Crippen molar-refractivity contribution in [3.8, 4) is 0 Å². The molecule has 1 aromatic heterocycles. The number of rotatable bonds is 4. The second-order valence-corrected chi connectivity index (χ2v) is 6.47. The van der Waals surface area contributed by atoms with Crippen molar-refractivity contribution in [2.75, 3.05) is 10.5 Å². The van der Waals surface area contributed by atoms with Crippen LogP contribution >= 0.6 is 15.9 Å². The Morgan fingerprint density at radius 1 is 1.50 bits per heavy atom. The maximum absolute atomic E-state index is 13.2. The first-order valence-corrected chi connectivity index (χ1v) is 7.92. The molecular formula is C11H12BrFN4O2S. The number of nitrogens with two attached hydrogens (primary N) is 1. The molecule has 1 heterocycles. The predicted octanol–water partition coefficient (Wildman–Crippen LogP) is 2.19. The van der Waals surface area contributed by atoms with Crippen LogP contribution in [0.1, 0.15) is 6.92 Å². The predicted molar refractivity (Wildman–Crippen MR) is 77.2 cm³/mol. The lowest BCUT2D eigenvalue weighted by atomic mass is 10.3. The molecule has 0 unspecified atom stereocenters. The minimum atomic E-state index is -3.93. The van der Waals surface area contributed by atoms with Crippen molar-refractivity contribution >= 4 is 37.5 Å². The highest BCUT2D eigenvalue weighted by molar-refractivity contribution is 9.10. The van der Waals surface area contributed by atoms with Crippen molar-refractivity contribution in [2.45, 2.75) is 18.4 Å². The van der Waals surface area contributed by atoms with E-state index < -0.39 is 15.8 Å². The van der Waals surface area contributed by atoms with Gasteiger partial charge in [-0.25, -0.2) is 12.8 Å². The number of nitrogens with one attached hydrogen (secondary N) is 1. The molecule has 9 heteroatoms. The van der Waals surface area contributed by atoms with Crippen LogP contribution in [0.3, 0.4) is 0 Å².